The van der Waals surface area contributed by atoms with E-state index in [1.165, 1.54) is 0 Å². The fraction of sp³-hybridized carbons (Fsp3) is 1.00. The number of alkyl halides is 4. The maximum absolute atomic E-state index is 11.8. The van der Waals surface area contributed by atoms with E-state index < -0.39 is 18.1 Å². The average molecular weight is 161 g/mol. The lowest BCUT2D eigenvalue weighted by molar-refractivity contribution is -0.250. The molecular weight excluding hydrogens is 154 g/mol. The predicted molar refractivity (Wildman–Crippen MR) is 25.8 cm³/mol. The Balaban J connectivity index is 4.23. The first-order valence-electron chi connectivity index (χ1n) is 2.39. The summed E-state index contributed by atoms with van der Waals surface area (Å²) in [6.07, 6.45) is -4.53. The van der Waals surface area contributed by atoms with Crippen LogP contribution in [0.3, 0.4) is 0 Å². The molecule has 3 N–H and O–H groups in total. The van der Waals surface area contributed by atoms with Crippen molar-refractivity contribution in [2.75, 3.05) is 0 Å². The van der Waals surface area contributed by atoms with Gasteiger partial charge in [0.05, 0.1) is 0 Å². The van der Waals surface area contributed by atoms with E-state index in [0.717, 1.165) is 0 Å². The summed E-state index contributed by atoms with van der Waals surface area (Å²) in [6, 6.07) is -2.85. The molecule has 0 aliphatic carbocycles. The quantitative estimate of drug-likeness (QED) is 0.581. The smallest absolute Gasteiger partial charge is 0.335 e. The van der Waals surface area contributed by atoms with E-state index in [1.807, 2.05) is 0 Å². The van der Waals surface area contributed by atoms with Crippen LogP contribution >= 0.6 is 0 Å². The molecule has 0 aromatic rings. The summed E-state index contributed by atoms with van der Waals surface area (Å²) < 4.78 is 46.8. The van der Waals surface area contributed by atoms with E-state index in [0.29, 0.717) is 0 Å². The van der Waals surface area contributed by atoms with Gasteiger partial charge in [-0.2, -0.15) is 8.78 Å². The molecular formula is C4H7F4NO. The minimum absolute atomic E-state index is 0.210. The highest BCUT2D eigenvalue weighted by atomic mass is 19.3. The molecule has 10 heavy (non-hydrogen) atoms. The Morgan fingerprint density at radius 1 is 1.30 bits per heavy atom. The summed E-state index contributed by atoms with van der Waals surface area (Å²) in [5.41, 5.74) is 4.28. The van der Waals surface area contributed by atoms with Crippen molar-refractivity contribution < 1.29 is 22.7 Å². The molecule has 0 aromatic heterocycles. The summed E-state index contributed by atoms with van der Waals surface area (Å²) in [4.78, 5) is 0. The van der Waals surface area contributed by atoms with Crippen LogP contribution in [0.4, 0.5) is 17.6 Å². The molecule has 6 heteroatoms. The van der Waals surface area contributed by atoms with Gasteiger partial charge in [0.15, 0.2) is 6.04 Å². The van der Waals surface area contributed by atoms with Crippen LogP contribution in [0.15, 0.2) is 0 Å². The van der Waals surface area contributed by atoms with Gasteiger partial charge in [0.2, 0.25) is 0 Å². The van der Waals surface area contributed by atoms with Crippen molar-refractivity contribution in [2.45, 2.75) is 25.0 Å². The summed E-state index contributed by atoms with van der Waals surface area (Å²) in [5, 5.41) is 7.68. The maximum Gasteiger partial charge on any atom is 0.374 e. The summed E-state index contributed by atoms with van der Waals surface area (Å²) in [6.45, 7) is 0.210. The van der Waals surface area contributed by atoms with E-state index in [1.54, 1.807) is 0 Å². The lowest BCUT2D eigenvalue weighted by atomic mass is 10.2. The van der Waals surface area contributed by atoms with Crippen LogP contribution in [-0.2, 0) is 0 Å². The second-order valence-corrected chi connectivity index (χ2v) is 2.02. The molecule has 62 valence electrons. The minimum atomic E-state index is -4.53. The first-order valence-corrected chi connectivity index (χ1v) is 2.39. The zero-order valence-electron chi connectivity index (χ0n) is 5.11. The van der Waals surface area contributed by atoms with Gasteiger partial charge < -0.3 is 10.8 Å². The molecule has 0 aromatic carbocycles. The van der Waals surface area contributed by atoms with Gasteiger partial charge in [-0.05, 0) is 0 Å². The summed E-state index contributed by atoms with van der Waals surface area (Å²) in [7, 11) is 0. The molecule has 0 saturated carbocycles. The zero-order valence-corrected chi connectivity index (χ0v) is 5.11. The second kappa shape index (κ2) is 2.35. The van der Waals surface area contributed by atoms with Crippen molar-refractivity contribution >= 4 is 0 Å². The van der Waals surface area contributed by atoms with Crippen LogP contribution in [0.1, 0.15) is 6.92 Å². The van der Waals surface area contributed by atoms with Crippen LogP contribution in [0.2, 0.25) is 0 Å². The van der Waals surface area contributed by atoms with E-state index in [4.69, 9.17) is 5.11 Å². The van der Waals surface area contributed by atoms with Gasteiger partial charge in [0.1, 0.15) is 0 Å². The average Bonchev–Trinajstić information content (AvgIpc) is 1.59. The molecule has 0 aliphatic rings. The largest absolute Gasteiger partial charge is 0.374 e. The first-order chi connectivity index (χ1) is 4.15. The van der Waals surface area contributed by atoms with Crippen molar-refractivity contribution in [2.24, 2.45) is 5.73 Å². The van der Waals surface area contributed by atoms with Gasteiger partial charge in [0.25, 0.3) is 5.92 Å². The van der Waals surface area contributed by atoms with E-state index >= 15 is 0 Å². The number of rotatable bonds is 2. The fourth-order valence-corrected chi connectivity index (χ4v) is 0.305. The Bertz CT molecular complexity index is 101. The van der Waals surface area contributed by atoms with Crippen LogP contribution in [0.5, 0.6) is 0 Å². The Hall–Kier alpha value is -0.360. The Morgan fingerprint density at radius 3 is 1.60 bits per heavy atom. The van der Waals surface area contributed by atoms with Crippen molar-refractivity contribution in [3.8, 4) is 0 Å². The molecule has 1 atom stereocenters. The SMILES string of the molecule is CC(F)(F)C(N)C(O)(F)F. The molecule has 0 rings (SSSR count). The lowest BCUT2D eigenvalue weighted by Gasteiger charge is -2.22. The molecule has 0 saturated heterocycles. The standard InChI is InChI=1S/C4H7F4NO/c1-3(5,6)2(9)4(7,8)10/h2,10H,9H2,1H3. The Kier molecular flexibility index (Phi) is 2.27. The van der Waals surface area contributed by atoms with Crippen LogP contribution in [0, 0.1) is 0 Å². The molecule has 0 radical (unpaired) electrons. The highest BCUT2D eigenvalue weighted by Crippen LogP contribution is 2.26. The number of hydrogen-bond acceptors (Lipinski definition) is 2. The third-order valence-electron chi connectivity index (χ3n) is 0.920. The predicted octanol–water partition coefficient (Wildman–Crippen LogP) is 0.554. The van der Waals surface area contributed by atoms with Gasteiger partial charge in [-0.15, -0.1) is 0 Å². The highest BCUT2D eigenvalue weighted by molar-refractivity contribution is 4.81. The normalized spacial score (nSPS) is 17.1. The van der Waals surface area contributed by atoms with Gasteiger partial charge in [-0.3, -0.25) is 0 Å². The number of halogens is 4. The monoisotopic (exact) mass is 161 g/mol. The van der Waals surface area contributed by atoms with Gasteiger partial charge in [-0.25, -0.2) is 8.78 Å². The van der Waals surface area contributed by atoms with Crippen LogP contribution < -0.4 is 5.73 Å². The van der Waals surface area contributed by atoms with Gasteiger partial charge >= 0.3 is 6.11 Å². The zero-order chi connectivity index (χ0) is 8.58. The molecule has 0 aliphatic heterocycles. The van der Waals surface area contributed by atoms with Crippen LogP contribution in [-0.4, -0.2) is 23.2 Å². The summed E-state index contributed by atoms with van der Waals surface area (Å²) >= 11 is 0. The molecule has 0 heterocycles. The van der Waals surface area contributed by atoms with Crippen molar-refractivity contribution in [3.63, 3.8) is 0 Å². The summed E-state index contributed by atoms with van der Waals surface area (Å²) in [5.74, 6) is -3.78. The van der Waals surface area contributed by atoms with Crippen molar-refractivity contribution in [3.05, 3.63) is 0 Å². The van der Waals surface area contributed by atoms with Crippen molar-refractivity contribution in [1.29, 1.82) is 0 Å². The molecule has 1 unspecified atom stereocenters. The maximum atomic E-state index is 11.8. The lowest BCUT2D eigenvalue weighted by Crippen LogP contribution is -2.52. The Labute approximate surface area is 54.6 Å². The fourth-order valence-electron chi connectivity index (χ4n) is 0.305. The van der Waals surface area contributed by atoms with E-state index in [2.05, 4.69) is 5.73 Å². The van der Waals surface area contributed by atoms with Crippen molar-refractivity contribution in [1.82, 2.24) is 0 Å². The first kappa shape index (κ1) is 9.64. The minimum Gasteiger partial charge on any atom is -0.335 e. The molecule has 0 fully saturated rings. The van der Waals surface area contributed by atoms with Crippen LogP contribution in [0.25, 0.3) is 0 Å². The third-order valence-corrected chi connectivity index (χ3v) is 0.920. The number of aliphatic hydroxyl groups is 1. The Morgan fingerprint density at radius 2 is 1.60 bits per heavy atom. The van der Waals surface area contributed by atoms with E-state index in [9.17, 15) is 17.6 Å². The highest BCUT2D eigenvalue weighted by Gasteiger charge is 2.48. The number of hydrogen-bond donors (Lipinski definition) is 2. The molecule has 2 nitrogen and oxygen atoms in total. The van der Waals surface area contributed by atoms with E-state index in [-0.39, 0.29) is 6.92 Å². The second-order valence-electron chi connectivity index (χ2n) is 2.02. The molecule has 0 amide bonds. The van der Waals surface area contributed by atoms with Gasteiger partial charge in [0, 0.05) is 6.92 Å². The third kappa shape index (κ3) is 2.49. The topological polar surface area (TPSA) is 46.2 Å². The molecule has 0 spiro atoms. The molecule has 0 bridgehead atoms. The van der Waals surface area contributed by atoms with Gasteiger partial charge in [-0.1, -0.05) is 0 Å². The number of nitrogens with two attached hydrogens (primary N) is 1.